The number of allylic oxidation sites excluding steroid dienone is 2. The second-order valence-electron chi connectivity index (χ2n) is 18.9. The average molecular weight is 767 g/mol. The molecule has 0 spiro atoms. The number of fused-ring (bicyclic) bond motifs is 7. The molecule has 5 aliphatic carbocycles. The fraction of sp³-hybridized carbons (Fsp3) is 0.744. The Hall–Kier alpha value is -2.76. The highest BCUT2D eigenvalue weighted by molar-refractivity contribution is 7.91. The predicted molar refractivity (Wildman–Crippen MR) is 207 cm³/mol. The summed E-state index contributed by atoms with van der Waals surface area (Å²) in [5, 5.41) is 4.00. The highest BCUT2D eigenvalue weighted by Gasteiger charge is 2.71. The van der Waals surface area contributed by atoms with Gasteiger partial charge in [0.2, 0.25) is 0 Å². The normalized spacial score (nSPS) is 39.5. The van der Waals surface area contributed by atoms with Crippen molar-refractivity contribution in [3.63, 3.8) is 0 Å². The number of rotatable bonds is 7. The standard InChI is InChI=1S/C43H62N2O8S/c1-39(2)31(28-8-10-29(11-9-28)36(46)51-6)15-17-40(3)33(39)16-18-42(5)34(40)13-12-32-35-30(37(47)53-38(48)52-7)14-19-43(35,21-20-41(32,42)4)44-22-23-45-24-26-54(49,50)27-25-45/h8-11,15,30,32-35,44H,12-14,16-27H2,1-7H3. The van der Waals surface area contributed by atoms with Crippen molar-refractivity contribution in [3.05, 3.63) is 41.5 Å². The summed E-state index contributed by atoms with van der Waals surface area (Å²) < 4.78 is 39.1. The van der Waals surface area contributed by atoms with E-state index < -0.39 is 27.9 Å². The number of methoxy groups -OCH3 is 2. The molecule has 0 radical (unpaired) electrons. The minimum atomic E-state index is -2.95. The number of carbonyl (C=O) groups excluding carboxylic acids is 3. The van der Waals surface area contributed by atoms with Crippen molar-refractivity contribution < 1.29 is 37.0 Å². The smallest absolute Gasteiger partial charge is 0.465 e. The zero-order valence-corrected chi connectivity index (χ0v) is 34.3. The van der Waals surface area contributed by atoms with E-state index in [1.54, 1.807) is 0 Å². The van der Waals surface area contributed by atoms with Crippen molar-refractivity contribution in [1.82, 2.24) is 10.2 Å². The van der Waals surface area contributed by atoms with Crippen LogP contribution in [-0.2, 0) is 28.8 Å². The van der Waals surface area contributed by atoms with Crippen molar-refractivity contribution in [2.75, 3.05) is 51.9 Å². The summed E-state index contributed by atoms with van der Waals surface area (Å²) in [4.78, 5) is 40.4. The molecule has 4 saturated carbocycles. The summed E-state index contributed by atoms with van der Waals surface area (Å²) in [6.07, 6.45) is 10.5. The van der Waals surface area contributed by atoms with E-state index in [0.29, 0.717) is 36.9 Å². The molecule has 0 bridgehead atoms. The van der Waals surface area contributed by atoms with Crippen molar-refractivity contribution in [1.29, 1.82) is 0 Å². The lowest BCUT2D eigenvalue weighted by atomic mass is 9.33. The Labute approximate surface area is 322 Å². The van der Waals surface area contributed by atoms with Crippen LogP contribution >= 0.6 is 0 Å². The Bertz CT molecular complexity index is 1780. The van der Waals surface area contributed by atoms with Gasteiger partial charge in [-0.05, 0) is 126 Å². The van der Waals surface area contributed by atoms with Gasteiger partial charge in [-0.2, -0.15) is 0 Å². The lowest BCUT2D eigenvalue weighted by Crippen LogP contribution is -2.68. The molecule has 6 aliphatic rings. The zero-order valence-electron chi connectivity index (χ0n) is 33.5. The summed E-state index contributed by atoms with van der Waals surface area (Å²) in [5.41, 5.74) is 2.96. The Morgan fingerprint density at radius 2 is 1.54 bits per heavy atom. The molecule has 1 heterocycles. The molecule has 1 aromatic rings. The molecule has 0 aromatic heterocycles. The van der Waals surface area contributed by atoms with Crippen LogP contribution in [-0.4, -0.2) is 88.9 Å². The first kappa shape index (κ1) is 39.5. The third-order valence-electron chi connectivity index (χ3n) is 16.6. The Kier molecular flexibility index (Phi) is 10.2. The number of sulfone groups is 1. The van der Waals surface area contributed by atoms with Crippen molar-refractivity contribution >= 4 is 33.5 Å². The van der Waals surface area contributed by atoms with Gasteiger partial charge in [0.15, 0.2) is 9.84 Å². The predicted octanol–water partition coefficient (Wildman–Crippen LogP) is 6.93. The van der Waals surface area contributed by atoms with E-state index in [4.69, 9.17) is 14.2 Å². The molecule has 1 aliphatic heterocycles. The summed E-state index contributed by atoms with van der Waals surface area (Å²) in [5.74, 6) is 0.566. The topological polar surface area (TPSA) is 128 Å². The number of esters is 2. The third kappa shape index (κ3) is 6.27. The number of hydrogen-bond acceptors (Lipinski definition) is 10. The van der Waals surface area contributed by atoms with Gasteiger partial charge in [0, 0.05) is 31.7 Å². The molecule has 1 aromatic carbocycles. The number of benzene rings is 1. The van der Waals surface area contributed by atoms with Crippen LogP contribution in [0.4, 0.5) is 4.79 Å². The number of nitrogens with zero attached hydrogens (tertiary/aromatic N) is 1. The summed E-state index contributed by atoms with van der Waals surface area (Å²) >= 11 is 0. The fourth-order valence-corrected chi connectivity index (χ4v) is 15.1. The molecule has 5 fully saturated rings. The fourth-order valence-electron chi connectivity index (χ4n) is 13.8. The van der Waals surface area contributed by atoms with Crippen LogP contribution in [0.5, 0.6) is 0 Å². The number of ether oxygens (including phenoxy) is 3. The molecule has 1 saturated heterocycles. The van der Waals surface area contributed by atoms with Gasteiger partial charge in [-0.25, -0.2) is 18.0 Å². The quantitative estimate of drug-likeness (QED) is 0.231. The minimum Gasteiger partial charge on any atom is -0.465 e. The van der Waals surface area contributed by atoms with Crippen LogP contribution in [0.2, 0.25) is 0 Å². The zero-order chi connectivity index (χ0) is 38.9. The molecule has 54 heavy (non-hydrogen) atoms. The molecule has 9 atom stereocenters. The van der Waals surface area contributed by atoms with Crippen LogP contribution in [0, 0.1) is 51.2 Å². The SMILES string of the molecule is COC(=O)OC(=O)C1CCC2(NCCN3CCS(=O)(=O)CC3)CCC3(C)C(CCC4C5(C)CC=C(c6ccc(C(=O)OC)cc6)C(C)(C)C5CCC43C)C12. The lowest BCUT2D eigenvalue weighted by molar-refractivity contribution is -0.221. The summed E-state index contributed by atoms with van der Waals surface area (Å²) in [7, 11) is -0.296. The Balaban J connectivity index is 1.16. The lowest BCUT2D eigenvalue weighted by Gasteiger charge is -2.72. The monoisotopic (exact) mass is 766 g/mol. The second-order valence-corrected chi connectivity index (χ2v) is 21.2. The molecule has 0 amide bonds. The Morgan fingerprint density at radius 3 is 2.20 bits per heavy atom. The van der Waals surface area contributed by atoms with Gasteiger partial charge >= 0.3 is 18.1 Å². The van der Waals surface area contributed by atoms with Crippen molar-refractivity contribution in [3.8, 4) is 0 Å². The van der Waals surface area contributed by atoms with Gasteiger partial charge < -0.3 is 24.4 Å². The van der Waals surface area contributed by atoms with E-state index in [9.17, 15) is 22.8 Å². The molecule has 298 valence electrons. The maximum absolute atomic E-state index is 13.8. The largest absolute Gasteiger partial charge is 0.515 e. The van der Waals surface area contributed by atoms with Gasteiger partial charge in [-0.15, -0.1) is 0 Å². The van der Waals surface area contributed by atoms with Crippen LogP contribution < -0.4 is 5.32 Å². The van der Waals surface area contributed by atoms with E-state index in [2.05, 4.69) is 63.0 Å². The summed E-state index contributed by atoms with van der Waals surface area (Å²) in [6.45, 7) is 15.1. The molecule has 7 rings (SSSR count). The minimum absolute atomic E-state index is 0.00698. The van der Waals surface area contributed by atoms with Crippen LogP contribution in [0.15, 0.2) is 30.3 Å². The van der Waals surface area contributed by atoms with E-state index in [1.165, 1.54) is 25.4 Å². The molecular formula is C43H62N2O8S. The van der Waals surface area contributed by atoms with Crippen LogP contribution in [0.3, 0.4) is 0 Å². The van der Waals surface area contributed by atoms with Gasteiger partial charge in [0.25, 0.3) is 0 Å². The molecule has 1 N–H and O–H groups in total. The van der Waals surface area contributed by atoms with Crippen LogP contribution in [0.25, 0.3) is 5.57 Å². The van der Waals surface area contributed by atoms with E-state index in [-0.39, 0.29) is 56.5 Å². The average Bonchev–Trinajstić information content (AvgIpc) is 3.52. The van der Waals surface area contributed by atoms with Crippen LogP contribution in [0.1, 0.15) is 108 Å². The van der Waals surface area contributed by atoms with Gasteiger partial charge in [-0.1, -0.05) is 52.8 Å². The first-order chi connectivity index (χ1) is 25.4. The van der Waals surface area contributed by atoms with Gasteiger partial charge in [0.1, 0.15) is 0 Å². The molecular weight excluding hydrogens is 705 g/mol. The van der Waals surface area contributed by atoms with Crippen molar-refractivity contribution in [2.24, 2.45) is 51.2 Å². The van der Waals surface area contributed by atoms with E-state index >= 15 is 0 Å². The molecule has 10 nitrogen and oxygen atoms in total. The maximum Gasteiger partial charge on any atom is 0.515 e. The first-order valence-corrected chi connectivity index (χ1v) is 22.1. The highest BCUT2D eigenvalue weighted by atomic mass is 32.2. The van der Waals surface area contributed by atoms with E-state index in [0.717, 1.165) is 64.5 Å². The highest BCUT2D eigenvalue weighted by Crippen LogP contribution is 2.76. The Morgan fingerprint density at radius 1 is 0.833 bits per heavy atom. The maximum atomic E-state index is 13.8. The molecule has 11 heteroatoms. The second kappa shape index (κ2) is 14.0. The summed E-state index contributed by atoms with van der Waals surface area (Å²) in [6, 6.07) is 7.90. The first-order valence-electron chi connectivity index (χ1n) is 20.3. The van der Waals surface area contributed by atoms with Gasteiger partial charge in [-0.3, -0.25) is 4.79 Å². The number of carbonyl (C=O) groups is 3. The van der Waals surface area contributed by atoms with Gasteiger partial charge in [0.05, 0.1) is 37.2 Å². The third-order valence-corrected chi connectivity index (χ3v) is 18.2. The van der Waals surface area contributed by atoms with E-state index in [1.807, 2.05) is 12.1 Å². The van der Waals surface area contributed by atoms with Crippen molar-refractivity contribution in [2.45, 2.75) is 97.9 Å². The molecule has 9 unspecified atom stereocenters. The number of hydrogen-bond donors (Lipinski definition) is 1. The number of nitrogens with one attached hydrogen (secondary N) is 1.